The second kappa shape index (κ2) is 6.64. The Balaban J connectivity index is 2.24. The molecule has 2 aromatic rings. The van der Waals surface area contributed by atoms with Crippen LogP contribution in [0.1, 0.15) is 20.3 Å². The van der Waals surface area contributed by atoms with Gasteiger partial charge in [-0.05, 0) is 6.92 Å². The number of imidazole rings is 1. The average molecular weight is 320 g/mol. The fourth-order valence-electron chi connectivity index (χ4n) is 2.36. The topological polar surface area (TPSA) is 88.1 Å². The molecule has 1 unspecified atom stereocenters. The van der Waals surface area contributed by atoms with Gasteiger partial charge in [0.15, 0.2) is 11.2 Å². The Bertz CT molecular complexity index is 872. The lowest BCUT2D eigenvalue weighted by Crippen LogP contribution is -2.39. The second-order valence-corrected chi connectivity index (χ2v) is 5.41. The Morgan fingerprint density at radius 3 is 2.70 bits per heavy atom. The van der Waals surface area contributed by atoms with Gasteiger partial charge < -0.3 is 9.30 Å². The van der Waals surface area contributed by atoms with Crippen LogP contribution in [0.2, 0.25) is 0 Å². The van der Waals surface area contributed by atoms with Gasteiger partial charge in [0.1, 0.15) is 6.10 Å². The van der Waals surface area contributed by atoms with Crippen molar-refractivity contribution in [2.24, 2.45) is 14.1 Å². The van der Waals surface area contributed by atoms with Crippen molar-refractivity contribution in [2.75, 3.05) is 0 Å². The van der Waals surface area contributed by atoms with E-state index >= 15 is 0 Å². The van der Waals surface area contributed by atoms with Gasteiger partial charge in [-0.1, -0.05) is 12.2 Å². The fourth-order valence-corrected chi connectivity index (χ4v) is 2.36. The summed E-state index contributed by atoms with van der Waals surface area (Å²) >= 11 is 0. The van der Waals surface area contributed by atoms with Crippen molar-refractivity contribution in [1.82, 2.24) is 18.7 Å². The number of allylic oxidation sites excluding steroid dienone is 1. The molecule has 0 aliphatic carbocycles. The summed E-state index contributed by atoms with van der Waals surface area (Å²) in [5, 5.41) is 0. The summed E-state index contributed by atoms with van der Waals surface area (Å²) in [4.78, 5) is 39.6. The first kappa shape index (κ1) is 16.7. The van der Waals surface area contributed by atoms with Crippen LogP contribution in [0.25, 0.3) is 11.2 Å². The Kier molecular flexibility index (Phi) is 4.83. The number of ether oxygens (including phenoxy) is 1. The van der Waals surface area contributed by atoms with E-state index in [2.05, 4.69) is 4.98 Å². The number of carbonyl (C=O) groups is 1. The molecule has 124 valence electrons. The van der Waals surface area contributed by atoms with Gasteiger partial charge in [0.2, 0.25) is 0 Å². The lowest BCUT2D eigenvalue weighted by Gasteiger charge is -2.09. The summed E-state index contributed by atoms with van der Waals surface area (Å²) in [5.74, 6) is -0.336. The monoisotopic (exact) mass is 320 g/mol. The van der Waals surface area contributed by atoms with E-state index in [0.717, 1.165) is 4.57 Å². The van der Waals surface area contributed by atoms with Crippen molar-refractivity contribution < 1.29 is 9.53 Å². The molecule has 0 aliphatic heterocycles. The summed E-state index contributed by atoms with van der Waals surface area (Å²) in [6, 6.07) is 0. The molecule has 8 nitrogen and oxygen atoms in total. The number of nitrogens with zero attached hydrogens (tertiary/aromatic N) is 4. The minimum atomic E-state index is -0.418. The third-order valence-corrected chi connectivity index (χ3v) is 3.49. The van der Waals surface area contributed by atoms with Gasteiger partial charge >= 0.3 is 11.7 Å². The number of carbonyl (C=O) groups excluding carboxylic acids is 1. The molecule has 0 aliphatic rings. The smallest absolute Gasteiger partial charge is 0.332 e. The predicted molar refractivity (Wildman–Crippen MR) is 85.2 cm³/mol. The largest absolute Gasteiger partial charge is 0.463 e. The number of hydrogen-bond donors (Lipinski definition) is 0. The quantitative estimate of drug-likeness (QED) is 0.585. The normalized spacial score (nSPS) is 12.9. The van der Waals surface area contributed by atoms with E-state index in [-0.39, 0.29) is 24.2 Å². The van der Waals surface area contributed by atoms with Crippen molar-refractivity contribution in [2.45, 2.75) is 32.9 Å². The van der Waals surface area contributed by atoms with Crippen LogP contribution < -0.4 is 11.2 Å². The van der Waals surface area contributed by atoms with E-state index in [1.807, 2.05) is 0 Å². The highest BCUT2D eigenvalue weighted by atomic mass is 16.5. The number of aromatic nitrogens is 4. The molecule has 0 saturated heterocycles. The van der Waals surface area contributed by atoms with Crippen molar-refractivity contribution in [3.8, 4) is 0 Å². The molecule has 1 atom stereocenters. The zero-order chi connectivity index (χ0) is 17.1. The number of rotatable bonds is 5. The van der Waals surface area contributed by atoms with Crippen LogP contribution in [0.4, 0.5) is 0 Å². The Hall–Kier alpha value is -2.64. The molecule has 2 rings (SSSR count). The van der Waals surface area contributed by atoms with E-state index in [4.69, 9.17) is 4.74 Å². The molecule has 0 amide bonds. The molecule has 0 aromatic carbocycles. The minimum Gasteiger partial charge on any atom is -0.463 e. The molecule has 8 heteroatoms. The van der Waals surface area contributed by atoms with E-state index in [0.29, 0.717) is 17.6 Å². The zero-order valence-corrected chi connectivity index (χ0v) is 13.6. The predicted octanol–water partition coefficient (Wildman–Crippen LogP) is 0.332. The van der Waals surface area contributed by atoms with Crippen LogP contribution in [0.15, 0.2) is 28.1 Å². The highest BCUT2D eigenvalue weighted by molar-refractivity contribution is 5.69. The highest BCUT2D eigenvalue weighted by Gasteiger charge is 2.13. The number of aryl methyl sites for hydroxylation is 2. The van der Waals surface area contributed by atoms with Gasteiger partial charge in [-0.25, -0.2) is 9.78 Å². The molecule has 0 radical (unpaired) electrons. The molecular weight excluding hydrogens is 300 g/mol. The molecule has 2 heterocycles. The maximum Gasteiger partial charge on any atom is 0.332 e. The Labute approximate surface area is 132 Å². The van der Waals surface area contributed by atoms with Gasteiger partial charge in [-0.15, -0.1) is 0 Å². The molecule has 0 N–H and O–H groups in total. The molecular formula is C15H20N4O4. The number of esters is 1. The molecule has 2 aromatic heterocycles. The third-order valence-electron chi connectivity index (χ3n) is 3.49. The summed E-state index contributed by atoms with van der Waals surface area (Å²) in [5.41, 5.74) is -0.0420. The minimum absolute atomic E-state index is 0.152. The second-order valence-electron chi connectivity index (χ2n) is 5.41. The van der Waals surface area contributed by atoms with Gasteiger partial charge in [0.05, 0.1) is 6.33 Å². The van der Waals surface area contributed by atoms with E-state index < -0.39 is 5.69 Å². The van der Waals surface area contributed by atoms with Crippen LogP contribution >= 0.6 is 0 Å². The molecule has 23 heavy (non-hydrogen) atoms. The summed E-state index contributed by atoms with van der Waals surface area (Å²) in [7, 11) is 3.29. The first-order valence-electron chi connectivity index (χ1n) is 7.26. The maximum atomic E-state index is 12.4. The number of hydrogen-bond acceptors (Lipinski definition) is 5. The van der Waals surface area contributed by atoms with Gasteiger partial charge in [-0.2, -0.15) is 0 Å². The summed E-state index contributed by atoms with van der Waals surface area (Å²) < 4.78 is 9.10. The van der Waals surface area contributed by atoms with Crippen molar-refractivity contribution >= 4 is 17.1 Å². The lowest BCUT2D eigenvalue weighted by atomic mass is 10.2. The van der Waals surface area contributed by atoms with Crippen LogP contribution in [0.5, 0.6) is 0 Å². The van der Waals surface area contributed by atoms with Gasteiger partial charge in [0, 0.05) is 34.0 Å². The molecule has 0 saturated carbocycles. The SMILES string of the molecule is CC(=O)OC(C)CC=CCn1c(=O)c2c(ncn2C)n(C)c1=O. The van der Waals surface area contributed by atoms with E-state index in [1.54, 1.807) is 37.7 Å². The Morgan fingerprint density at radius 2 is 2.04 bits per heavy atom. The van der Waals surface area contributed by atoms with E-state index in [1.165, 1.54) is 17.8 Å². The van der Waals surface area contributed by atoms with Crippen LogP contribution in [-0.4, -0.2) is 30.8 Å². The van der Waals surface area contributed by atoms with Crippen LogP contribution in [0, 0.1) is 0 Å². The van der Waals surface area contributed by atoms with Gasteiger partial charge in [0.25, 0.3) is 5.56 Å². The molecule has 0 fully saturated rings. The summed E-state index contributed by atoms with van der Waals surface area (Å²) in [6.45, 7) is 3.28. The average Bonchev–Trinajstić information content (AvgIpc) is 2.85. The van der Waals surface area contributed by atoms with Crippen molar-refractivity contribution in [3.05, 3.63) is 39.3 Å². The lowest BCUT2D eigenvalue weighted by molar-refractivity contribution is -0.145. The fraction of sp³-hybridized carbons (Fsp3) is 0.467. The van der Waals surface area contributed by atoms with Crippen molar-refractivity contribution in [1.29, 1.82) is 0 Å². The van der Waals surface area contributed by atoms with E-state index in [9.17, 15) is 14.4 Å². The standard InChI is InChI=1S/C15H20N4O4/c1-10(23-11(2)20)7-5-6-8-19-14(21)12-13(16-9-17(12)3)18(4)15(19)22/h5-6,9-10H,7-8H2,1-4H3. The highest BCUT2D eigenvalue weighted by Crippen LogP contribution is 2.03. The maximum absolute atomic E-state index is 12.4. The van der Waals surface area contributed by atoms with Crippen LogP contribution in [0.3, 0.4) is 0 Å². The first-order valence-corrected chi connectivity index (χ1v) is 7.26. The van der Waals surface area contributed by atoms with Crippen LogP contribution in [-0.2, 0) is 30.2 Å². The zero-order valence-electron chi connectivity index (χ0n) is 13.6. The summed E-state index contributed by atoms with van der Waals surface area (Å²) in [6.07, 6.45) is 5.27. The van der Waals surface area contributed by atoms with Crippen molar-refractivity contribution in [3.63, 3.8) is 0 Å². The molecule has 0 bridgehead atoms. The van der Waals surface area contributed by atoms with Gasteiger partial charge in [-0.3, -0.25) is 18.7 Å². The Morgan fingerprint density at radius 1 is 1.35 bits per heavy atom. The number of fused-ring (bicyclic) bond motifs is 1. The third kappa shape index (κ3) is 3.41. The first-order chi connectivity index (χ1) is 10.8. The molecule has 0 spiro atoms.